The number of rotatable bonds is 13. The van der Waals surface area contributed by atoms with E-state index in [2.05, 4.69) is 29.8 Å². The van der Waals surface area contributed by atoms with Crippen LogP contribution in [0.3, 0.4) is 0 Å². The second kappa shape index (κ2) is 12.3. The number of hydrogen-bond acceptors (Lipinski definition) is 7. The van der Waals surface area contributed by atoms with Crippen molar-refractivity contribution in [1.29, 1.82) is 0 Å². The van der Waals surface area contributed by atoms with Crippen LogP contribution < -0.4 is 24.5 Å². The minimum absolute atomic E-state index is 0.201. The largest absolute Gasteiger partial charge is 0.493 e. The van der Waals surface area contributed by atoms with Crippen LogP contribution in [0.4, 0.5) is 0 Å². The summed E-state index contributed by atoms with van der Waals surface area (Å²) < 4.78 is 22.3. The van der Waals surface area contributed by atoms with Gasteiger partial charge in [0.25, 0.3) is 5.56 Å². The molecule has 0 radical (unpaired) electrons. The number of aromatic amines is 1. The fraction of sp³-hybridized carbons (Fsp3) is 0.462. The van der Waals surface area contributed by atoms with Crippen LogP contribution in [-0.2, 0) is 13.1 Å². The van der Waals surface area contributed by atoms with Crippen LogP contribution in [0.15, 0.2) is 35.1 Å². The van der Waals surface area contributed by atoms with Gasteiger partial charge in [-0.3, -0.25) is 9.69 Å². The Bertz CT molecular complexity index is 1150. The molecule has 0 fully saturated rings. The number of ether oxygens (including phenoxy) is 4. The quantitative estimate of drug-likeness (QED) is 0.393. The van der Waals surface area contributed by atoms with Gasteiger partial charge in [-0.1, -0.05) is 19.9 Å². The van der Waals surface area contributed by atoms with Crippen molar-refractivity contribution >= 4 is 10.9 Å². The Labute approximate surface area is 200 Å². The normalized spacial score (nSPS) is 11.1. The first-order valence-corrected chi connectivity index (χ1v) is 11.8. The van der Waals surface area contributed by atoms with E-state index in [0.29, 0.717) is 54.5 Å². The molecule has 0 saturated heterocycles. The highest BCUT2D eigenvalue weighted by Gasteiger charge is 2.14. The molecule has 0 atom stereocenters. The second-order valence-electron chi connectivity index (χ2n) is 8.01. The number of aromatic nitrogens is 2. The van der Waals surface area contributed by atoms with Crippen molar-refractivity contribution in [1.82, 2.24) is 14.9 Å². The first kappa shape index (κ1) is 25.4. The Morgan fingerprint density at radius 1 is 0.882 bits per heavy atom. The van der Waals surface area contributed by atoms with Gasteiger partial charge in [-0.15, -0.1) is 0 Å². The summed E-state index contributed by atoms with van der Waals surface area (Å²) in [5.74, 6) is 3.16. The average Bonchev–Trinajstić information content (AvgIpc) is 2.83. The zero-order valence-electron chi connectivity index (χ0n) is 20.8. The molecular formula is C26H35N3O5. The van der Waals surface area contributed by atoms with E-state index in [1.165, 1.54) is 0 Å². The molecular weight excluding hydrogens is 434 g/mol. The Balaban J connectivity index is 1.86. The highest BCUT2D eigenvalue weighted by atomic mass is 16.5. The Morgan fingerprint density at radius 2 is 1.65 bits per heavy atom. The summed E-state index contributed by atoms with van der Waals surface area (Å²) in [6, 6.07) is 9.45. The van der Waals surface area contributed by atoms with E-state index in [4.69, 9.17) is 23.9 Å². The molecule has 3 rings (SSSR count). The molecule has 8 heteroatoms. The monoisotopic (exact) mass is 469 g/mol. The number of methoxy groups -OCH3 is 2. The number of fused-ring (bicyclic) bond motifs is 1. The minimum Gasteiger partial charge on any atom is -0.493 e. The summed E-state index contributed by atoms with van der Waals surface area (Å²) in [6.45, 7) is 9.45. The maximum Gasteiger partial charge on any atom is 0.258 e. The van der Waals surface area contributed by atoms with Crippen LogP contribution in [0.1, 0.15) is 45.0 Å². The van der Waals surface area contributed by atoms with E-state index in [-0.39, 0.29) is 5.56 Å². The summed E-state index contributed by atoms with van der Waals surface area (Å²) in [4.78, 5) is 22.6. The predicted octanol–water partition coefficient (Wildman–Crippen LogP) is 4.54. The molecule has 0 unspecified atom stereocenters. The van der Waals surface area contributed by atoms with E-state index < -0.39 is 0 Å². The van der Waals surface area contributed by atoms with E-state index in [1.54, 1.807) is 26.4 Å². The van der Waals surface area contributed by atoms with Crippen molar-refractivity contribution in [2.75, 3.05) is 34.0 Å². The maximum atomic E-state index is 12.8. The SMILES string of the molecule is CCCOc1ccc(CN(CCC)Cc2nc3cc(OC)c(OC)cc3c(=O)[nH]2)cc1OCC. The molecule has 0 bridgehead atoms. The van der Waals surface area contributed by atoms with E-state index in [0.717, 1.165) is 36.4 Å². The van der Waals surface area contributed by atoms with Gasteiger partial charge < -0.3 is 23.9 Å². The molecule has 0 aliphatic rings. The molecule has 1 heterocycles. The van der Waals surface area contributed by atoms with Crippen LogP contribution in [0.25, 0.3) is 10.9 Å². The van der Waals surface area contributed by atoms with Gasteiger partial charge in [0.1, 0.15) is 5.82 Å². The second-order valence-corrected chi connectivity index (χ2v) is 8.01. The van der Waals surface area contributed by atoms with E-state index in [9.17, 15) is 4.79 Å². The smallest absolute Gasteiger partial charge is 0.258 e. The zero-order valence-corrected chi connectivity index (χ0v) is 20.8. The lowest BCUT2D eigenvalue weighted by Gasteiger charge is -2.22. The topological polar surface area (TPSA) is 85.9 Å². The number of hydrogen-bond donors (Lipinski definition) is 1. The van der Waals surface area contributed by atoms with Crippen molar-refractivity contribution in [3.8, 4) is 23.0 Å². The number of nitrogens with one attached hydrogen (secondary N) is 1. The van der Waals surface area contributed by atoms with Gasteiger partial charge in [0, 0.05) is 12.6 Å². The van der Waals surface area contributed by atoms with Crippen molar-refractivity contribution in [3.63, 3.8) is 0 Å². The summed E-state index contributed by atoms with van der Waals surface area (Å²) in [7, 11) is 3.11. The van der Waals surface area contributed by atoms with Crippen molar-refractivity contribution < 1.29 is 18.9 Å². The fourth-order valence-corrected chi connectivity index (χ4v) is 3.84. The zero-order chi connectivity index (χ0) is 24.5. The predicted molar refractivity (Wildman–Crippen MR) is 133 cm³/mol. The van der Waals surface area contributed by atoms with Crippen LogP contribution in [-0.4, -0.2) is 48.8 Å². The van der Waals surface area contributed by atoms with E-state index in [1.807, 2.05) is 19.1 Å². The summed E-state index contributed by atoms with van der Waals surface area (Å²) >= 11 is 0. The third-order valence-electron chi connectivity index (χ3n) is 5.35. The third kappa shape index (κ3) is 6.20. The third-order valence-corrected chi connectivity index (χ3v) is 5.35. The summed E-state index contributed by atoms with van der Waals surface area (Å²) in [6.07, 6.45) is 1.91. The van der Waals surface area contributed by atoms with Gasteiger partial charge in [0.05, 0.1) is 44.9 Å². The molecule has 1 aromatic heterocycles. The lowest BCUT2D eigenvalue weighted by atomic mass is 10.1. The number of benzene rings is 2. The lowest BCUT2D eigenvalue weighted by Crippen LogP contribution is -2.26. The summed E-state index contributed by atoms with van der Waals surface area (Å²) in [5, 5.41) is 0.465. The molecule has 0 aliphatic heterocycles. The van der Waals surface area contributed by atoms with Gasteiger partial charge in [-0.05, 0) is 50.1 Å². The standard InChI is InChI=1S/C26H35N3O5/c1-6-11-29(16-18-9-10-21(34-12-7-2)24(13-18)33-8-3)17-25-27-20-15-23(32-5)22(31-4)14-19(20)26(30)28-25/h9-10,13-15H,6-8,11-12,16-17H2,1-5H3,(H,27,28,30). The Hall–Kier alpha value is -3.26. The average molecular weight is 470 g/mol. The van der Waals surface area contributed by atoms with Gasteiger partial charge in [0.15, 0.2) is 23.0 Å². The van der Waals surface area contributed by atoms with Crippen molar-refractivity contribution in [3.05, 3.63) is 52.1 Å². The lowest BCUT2D eigenvalue weighted by molar-refractivity contribution is 0.248. The highest BCUT2D eigenvalue weighted by molar-refractivity contribution is 5.81. The molecule has 0 aliphatic carbocycles. The Morgan fingerprint density at radius 3 is 2.32 bits per heavy atom. The minimum atomic E-state index is -0.201. The van der Waals surface area contributed by atoms with Crippen LogP contribution in [0, 0.1) is 0 Å². The maximum absolute atomic E-state index is 12.8. The van der Waals surface area contributed by atoms with Gasteiger partial charge in [0.2, 0.25) is 0 Å². The van der Waals surface area contributed by atoms with Crippen LogP contribution in [0.2, 0.25) is 0 Å². The first-order valence-electron chi connectivity index (χ1n) is 11.8. The van der Waals surface area contributed by atoms with Crippen molar-refractivity contribution in [2.45, 2.75) is 46.7 Å². The first-order chi connectivity index (χ1) is 16.5. The van der Waals surface area contributed by atoms with E-state index >= 15 is 0 Å². The van der Waals surface area contributed by atoms with Crippen LogP contribution >= 0.6 is 0 Å². The molecule has 1 N–H and O–H groups in total. The van der Waals surface area contributed by atoms with Crippen LogP contribution in [0.5, 0.6) is 23.0 Å². The summed E-state index contributed by atoms with van der Waals surface area (Å²) in [5.41, 5.74) is 1.48. The molecule has 0 amide bonds. The van der Waals surface area contributed by atoms with Crippen molar-refractivity contribution in [2.24, 2.45) is 0 Å². The molecule has 3 aromatic rings. The highest BCUT2D eigenvalue weighted by Crippen LogP contribution is 2.31. The Kier molecular flexibility index (Phi) is 9.16. The molecule has 2 aromatic carbocycles. The molecule has 8 nitrogen and oxygen atoms in total. The molecule has 0 saturated carbocycles. The molecule has 34 heavy (non-hydrogen) atoms. The van der Waals surface area contributed by atoms with Gasteiger partial charge in [-0.2, -0.15) is 0 Å². The van der Waals surface area contributed by atoms with Gasteiger partial charge in [-0.25, -0.2) is 4.98 Å². The number of H-pyrrole nitrogens is 1. The number of nitrogens with zero attached hydrogens (tertiary/aromatic N) is 2. The molecule has 184 valence electrons. The van der Waals surface area contributed by atoms with Gasteiger partial charge >= 0.3 is 0 Å². The fourth-order valence-electron chi connectivity index (χ4n) is 3.84. The molecule has 0 spiro atoms.